The van der Waals surface area contributed by atoms with Gasteiger partial charge in [0, 0.05) is 18.0 Å². The number of nitrogens with zero attached hydrogens (tertiary/aromatic N) is 2. The van der Waals surface area contributed by atoms with Crippen molar-refractivity contribution in [1.29, 1.82) is 0 Å². The van der Waals surface area contributed by atoms with E-state index in [1.54, 1.807) is 30.6 Å². The lowest BCUT2D eigenvalue weighted by atomic mass is 9.98. The van der Waals surface area contributed by atoms with Crippen LogP contribution in [-0.4, -0.2) is 9.97 Å². The summed E-state index contributed by atoms with van der Waals surface area (Å²) in [5.41, 5.74) is 5.47. The van der Waals surface area contributed by atoms with Gasteiger partial charge in [0.2, 0.25) is 0 Å². The molecule has 0 bridgehead atoms. The molecule has 0 saturated heterocycles. The summed E-state index contributed by atoms with van der Waals surface area (Å²) in [5.74, 6) is 5.30. The number of nitrogens with one attached hydrogen (secondary N) is 1. The molecule has 4 nitrogen and oxygen atoms in total. The Kier molecular flexibility index (Phi) is 3.92. The Labute approximate surface area is 129 Å². The molecule has 0 aliphatic carbocycles. The van der Waals surface area contributed by atoms with Crippen molar-refractivity contribution >= 4 is 27.0 Å². The molecule has 0 radical (unpaired) electrons. The van der Waals surface area contributed by atoms with Crippen LogP contribution < -0.4 is 11.3 Å². The van der Waals surface area contributed by atoms with Crippen molar-refractivity contribution in [2.24, 2.45) is 5.84 Å². The smallest absolute Gasteiger partial charge is 0.142 e. The molecule has 1 aromatic heterocycles. The average Bonchev–Trinajstić information content (AvgIpc) is 2.52. The zero-order valence-corrected chi connectivity index (χ0v) is 12.5. The minimum Gasteiger partial charge on any atom is -0.271 e. The lowest BCUT2D eigenvalue weighted by Gasteiger charge is -2.18. The van der Waals surface area contributed by atoms with Crippen LogP contribution in [0.1, 0.15) is 17.2 Å². The Hall–Kier alpha value is -1.89. The minimum atomic E-state index is -0.464. The van der Waals surface area contributed by atoms with Crippen LogP contribution in [0.5, 0.6) is 0 Å². The topological polar surface area (TPSA) is 63.8 Å². The van der Waals surface area contributed by atoms with Gasteiger partial charge in [-0.25, -0.2) is 9.82 Å². The molecular formula is C15H12BrFN4. The maximum absolute atomic E-state index is 14.3. The Morgan fingerprint density at radius 1 is 1.10 bits per heavy atom. The Morgan fingerprint density at radius 2 is 1.86 bits per heavy atom. The van der Waals surface area contributed by atoms with Gasteiger partial charge in [0.15, 0.2) is 0 Å². The van der Waals surface area contributed by atoms with Crippen molar-refractivity contribution in [1.82, 2.24) is 15.4 Å². The lowest BCUT2D eigenvalue weighted by Crippen LogP contribution is -2.29. The summed E-state index contributed by atoms with van der Waals surface area (Å²) >= 11 is 3.19. The maximum atomic E-state index is 14.3. The van der Waals surface area contributed by atoms with Crippen LogP contribution in [0.2, 0.25) is 0 Å². The second-order valence-corrected chi connectivity index (χ2v) is 5.40. The van der Waals surface area contributed by atoms with E-state index >= 15 is 0 Å². The van der Waals surface area contributed by atoms with E-state index in [2.05, 4.69) is 31.3 Å². The van der Waals surface area contributed by atoms with Crippen molar-refractivity contribution in [2.45, 2.75) is 6.04 Å². The first kappa shape index (κ1) is 14.1. The van der Waals surface area contributed by atoms with Crippen molar-refractivity contribution in [2.75, 3.05) is 0 Å². The molecule has 0 fully saturated rings. The number of hydrogen-bond donors (Lipinski definition) is 2. The second kappa shape index (κ2) is 5.85. The van der Waals surface area contributed by atoms with Gasteiger partial charge >= 0.3 is 0 Å². The number of fused-ring (bicyclic) bond motifs is 1. The molecule has 3 aromatic rings. The minimum absolute atomic E-state index is 0.334. The summed E-state index contributed by atoms with van der Waals surface area (Å²) in [6, 6.07) is 10.2. The summed E-state index contributed by atoms with van der Waals surface area (Å²) in [6.07, 6.45) is 3.26. The molecule has 0 aliphatic heterocycles. The van der Waals surface area contributed by atoms with Gasteiger partial charge in [-0.3, -0.25) is 15.8 Å². The monoisotopic (exact) mass is 346 g/mol. The summed E-state index contributed by atoms with van der Waals surface area (Å²) in [6.45, 7) is 0. The van der Waals surface area contributed by atoms with Gasteiger partial charge in [0.25, 0.3) is 0 Å². The van der Waals surface area contributed by atoms with Crippen molar-refractivity contribution in [3.8, 4) is 0 Å². The van der Waals surface area contributed by atoms with Crippen LogP contribution in [0.3, 0.4) is 0 Å². The van der Waals surface area contributed by atoms with Crippen LogP contribution >= 0.6 is 15.9 Å². The fourth-order valence-electron chi connectivity index (χ4n) is 2.27. The van der Waals surface area contributed by atoms with E-state index in [9.17, 15) is 4.39 Å². The zero-order valence-electron chi connectivity index (χ0n) is 10.9. The van der Waals surface area contributed by atoms with Gasteiger partial charge in [-0.1, -0.05) is 18.2 Å². The van der Waals surface area contributed by atoms with E-state index in [1.165, 1.54) is 0 Å². The van der Waals surface area contributed by atoms with Gasteiger partial charge in [0.1, 0.15) is 5.82 Å². The van der Waals surface area contributed by atoms with E-state index in [0.717, 1.165) is 16.6 Å². The predicted octanol–water partition coefficient (Wildman–Crippen LogP) is 3.08. The zero-order chi connectivity index (χ0) is 14.8. The fraction of sp³-hybridized carbons (Fsp3) is 0.0667. The predicted molar refractivity (Wildman–Crippen MR) is 82.8 cm³/mol. The van der Waals surface area contributed by atoms with E-state index in [0.29, 0.717) is 10.0 Å². The van der Waals surface area contributed by atoms with Gasteiger partial charge in [-0.15, -0.1) is 0 Å². The van der Waals surface area contributed by atoms with Crippen LogP contribution in [0.15, 0.2) is 53.3 Å². The first-order valence-corrected chi connectivity index (χ1v) is 7.10. The molecule has 1 unspecified atom stereocenters. The molecule has 106 valence electrons. The number of hydrazine groups is 1. The Balaban J connectivity index is 2.11. The first-order chi connectivity index (χ1) is 10.2. The third-order valence-corrected chi connectivity index (χ3v) is 3.90. The third kappa shape index (κ3) is 2.65. The number of benzene rings is 2. The van der Waals surface area contributed by atoms with Crippen molar-refractivity contribution < 1.29 is 4.39 Å². The first-order valence-electron chi connectivity index (χ1n) is 6.31. The molecule has 0 aliphatic rings. The normalized spacial score (nSPS) is 12.5. The molecule has 1 atom stereocenters. The molecule has 0 spiro atoms. The van der Waals surface area contributed by atoms with Crippen LogP contribution in [0.4, 0.5) is 4.39 Å². The van der Waals surface area contributed by atoms with Gasteiger partial charge < -0.3 is 0 Å². The van der Waals surface area contributed by atoms with Crippen LogP contribution in [-0.2, 0) is 0 Å². The molecule has 0 saturated carbocycles. The molecule has 3 N–H and O–H groups in total. The fourth-order valence-corrected chi connectivity index (χ4v) is 2.65. The maximum Gasteiger partial charge on any atom is 0.142 e. The molecule has 1 heterocycles. The van der Waals surface area contributed by atoms with Gasteiger partial charge in [-0.2, -0.15) is 0 Å². The molecule has 21 heavy (non-hydrogen) atoms. The Bertz CT molecular complexity index is 793. The van der Waals surface area contributed by atoms with Gasteiger partial charge in [-0.05, 0) is 39.7 Å². The van der Waals surface area contributed by atoms with Crippen molar-refractivity contribution in [3.63, 3.8) is 0 Å². The highest BCUT2D eigenvalue weighted by molar-refractivity contribution is 9.10. The largest absolute Gasteiger partial charge is 0.271 e. The molecule has 2 aromatic carbocycles. The van der Waals surface area contributed by atoms with E-state index in [-0.39, 0.29) is 5.82 Å². The van der Waals surface area contributed by atoms with E-state index in [4.69, 9.17) is 5.84 Å². The van der Waals surface area contributed by atoms with Crippen molar-refractivity contribution in [3.05, 3.63) is 70.2 Å². The van der Waals surface area contributed by atoms with Crippen LogP contribution in [0, 0.1) is 5.82 Å². The number of aromatic nitrogens is 2. The number of nitrogens with two attached hydrogens (primary N) is 1. The summed E-state index contributed by atoms with van der Waals surface area (Å²) < 4.78 is 14.7. The highest BCUT2D eigenvalue weighted by Gasteiger charge is 2.18. The molecule has 6 heteroatoms. The Morgan fingerprint density at radius 3 is 2.62 bits per heavy atom. The number of rotatable bonds is 3. The standard InChI is InChI=1S/C15H12BrFN4/c16-11-3-1-2-10(14(11)17)15(21-18)9-4-5-12-13(8-9)20-7-6-19-12/h1-8,15,21H,18H2. The highest BCUT2D eigenvalue weighted by Crippen LogP contribution is 2.28. The molecule has 3 rings (SSSR count). The molecule has 0 amide bonds. The highest BCUT2D eigenvalue weighted by atomic mass is 79.9. The summed E-state index contributed by atoms with van der Waals surface area (Å²) in [4.78, 5) is 8.47. The second-order valence-electron chi connectivity index (χ2n) is 4.55. The van der Waals surface area contributed by atoms with E-state index in [1.807, 2.05) is 18.2 Å². The quantitative estimate of drug-likeness (QED) is 0.565. The SMILES string of the molecule is NNC(c1ccc2nccnc2c1)c1cccc(Br)c1F. The summed E-state index contributed by atoms with van der Waals surface area (Å²) in [5, 5.41) is 0. The molecular weight excluding hydrogens is 335 g/mol. The number of hydrogen-bond acceptors (Lipinski definition) is 4. The van der Waals surface area contributed by atoms with E-state index < -0.39 is 6.04 Å². The number of halogens is 2. The summed E-state index contributed by atoms with van der Waals surface area (Å²) in [7, 11) is 0. The van der Waals surface area contributed by atoms with Gasteiger partial charge in [0.05, 0.1) is 21.5 Å². The average molecular weight is 347 g/mol. The third-order valence-electron chi connectivity index (χ3n) is 3.29. The van der Waals surface area contributed by atoms with Crippen LogP contribution in [0.25, 0.3) is 11.0 Å². The lowest BCUT2D eigenvalue weighted by molar-refractivity contribution is 0.556.